The number of hydrogen-bond acceptors (Lipinski definition) is 3. The van der Waals surface area contributed by atoms with Crippen LogP contribution in [0.4, 0.5) is 8.78 Å². The second kappa shape index (κ2) is 5.36. The number of sulfonamides is 1. The average molecular weight is 245 g/mol. The van der Waals surface area contributed by atoms with Crippen molar-refractivity contribution in [2.24, 2.45) is 0 Å². The van der Waals surface area contributed by atoms with Crippen LogP contribution in [0.5, 0.6) is 0 Å². The highest BCUT2D eigenvalue weighted by Gasteiger charge is 2.35. The van der Waals surface area contributed by atoms with Gasteiger partial charge in [-0.05, 0) is 13.3 Å². The predicted molar refractivity (Wildman–Crippen MR) is 49.0 cm³/mol. The van der Waals surface area contributed by atoms with Crippen molar-refractivity contribution in [3.8, 4) is 0 Å². The van der Waals surface area contributed by atoms with E-state index in [9.17, 15) is 22.0 Å². The molecule has 0 radical (unpaired) electrons. The van der Waals surface area contributed by atoms with E-state index in [-0.39, 0.29) is 6.42 Å². The van der Waals surface area contributed by atoms with Gasteiger partial charge in [-0.3, -0.25) is 4.79 Å². The number of halogens is 2. The highest BCUT2D eigenvalue weighted by molar-refractivity contribution is 7.89. The van der Waals surface area contributed by atoms with E-state index in [0.29, 0.717) is 4.31 Å². The number of carboxylic acids is 1. The zero-order chi connectivity index (χ0) is 12.2. The molecule has 8 heteroatoms. The first kappa shape index (κ1) is 14.2. The molecule has 0 fully saturated rings. The van der Waals surface area contributed by atoms with Gasteiger partial charge in [0.1, 0.15) is 6.54 Å². The highest BCUT2D eigenvalue weighted by Crippen LogP contribution is 2.16. The van der Waals surface area contributed by atoms with Crippen molar-refractivity contribution in [1.29, 1.82) is 0 Å². The summed E-state index contributed by atoms with van der Waals surface area (Å²) < 4.78 is 46.8. The molecular weight excluding hydrogens is 232 g/mol. The van der Waals surface area contributed by atoms with Crippen LogP contribution in [-0.2, 0) is 14.8 Å². The van der Waals surface area contributed by atoms with Gasteiger partial charge in [-0.25, -0.2) is 8.42 Å². The lowest BCUT2D eigenvalue weighted by atomic mass is 10.2. The molecule has 0 rings (SSSR count). The van der Waals surface area contributed by atoms with E-state index in [4.69, 9.17) is 5.11 Å². The molecule has 5 nitrogen and oxygen atoms in total. The molecule has 0 bridgehead atoms. The van der Waals surface area contributed by atoms with Gasteiger partial charge >= 0.3 is 11.7 Å². The van der Waals surface area contributed by atoms with Crippen molar-refractivity contribution in [1.82, 2.24) is 4.31 Å². The second-order valence-electron chi connectivity index (χ2n) is 3.00. The SMILES string of the molecule is CCC(C)N(CC(=O)O)S(=O)(=O)C(F)F. The van der Waals surface area contributed by atoms with Gasteiger partial charge in [0.15, 0.2) is 0 Å². The Morgan fingerprint density at radius 1 is 1.47 bits per heavy atom. The predicted octanol–water partition coefficient (Wildman–Crippen LogP) is 0.724. The van der Waals surface area contributed by atoms with Crippen molar-refractivity contribution in [2.45, 2.75) is 32.1 Å². The number of carboxylic acid groups (broad SMARTS) is 1. The highest BCUT2D eigenvalue weighted by atomic mass is 32.2. The Kier molecular flexibility index (Phi) is 5.09. The van der Waals surface area contributed by atoms with Crippen molar-refractivity contribution in [3.63, 3.8) is 0 Å². The Morgan fingerprint density at radius 3 is 2.20 bits per heavy atom. The Morgan fingerprint density at radius 2 is 1.93 bits per heavy atom. The first-order valence-corrected chi connectivity index (χ1v) is 5.74. The van der Waals surface area contributed by atoms with Crippen LogP contribution >= 0.6 is 0 Å². The summed E-state index contributed by atoms with van der Waals surface area (Å²) in [7, 11) is -4.83. The molecule has 0 aromatic carbocycles. The first-order valence-electron chi connectivity index (χ1n) is 4.24. The lowest BCUT2D eigenvalue weighted by Gasteiger charge is -2.25. The zero-order valence-electron chi connectivity index (χ0n) is 8.35. The van der Waals surface area contributed by atoms with Crippen molar-refractivity contribution in [3.05, 3.63) is 0 Å². The molecule has 1 unspecified atom stereocenters. The molecule has 0 aromatic rings. The van der Waals surface area contributed by atoms with Crippen LogP contribution in [0, 0.1) is 0 Å². The molecule has 0 spiro atoms. The first-order chi connectivity index (χ1) is 6.73. The van der Waals surface area contributed by atoms with Crippen molar-refractivity contribution >= 4 is 16.0 Å². The molecule has 1 N–H and O–H groups in total. The molecule has 15 heavy (non-hydrogen) atoms. The number of alkyl halides is 2. The molecule has 0 saturated heterocycles. The lowest BCUT2D eigenvalue weighted by Crippen LogP contribution is -2.44. The molecule has 0 heterocycles. The minimum absolute atomic E-state index is 0.263. The number of carbonyl (C=O) groups is 1. The van der Waals surface area contributed by atoms with E-state index >= 15 is 0 Å². The normalized spacial score (nSPS) is 14.5. The fourth-order valence-corrected chi connectivity index (χ4v) is 2.08. The molecule has 1 atom stereocenters. The summed E-state index contributed by atoms with van der Waals surface area (Å²) in [5.74, 6) is -5.05. The van der Waals surface area contributed by atoms with Crippen LogP contribution < -0.4 is 0 Å². The molecule has 0 aliphatic heterocycles. The topological polar surface area (TPSA) is 74.7 Å². The van der Waals surface area contributed by atoms with Crippen LogP contribution in [0.15, 0.2) is 0 Å². The van der Waals surface area contributed by atoms with Gasteiger partial charge in [0.05, 0.1) is 0 Å². The van der Waals surface area contributed by atoms with Crippen LogP contribution in [-0.4, -0.2) is 42.1 Å². The molecule has 0 aliphatic carbocycles. The third kappa shape index (κ3) is 3.71. The number of aliphatic carboxylic acids is 1. The molecule has 0 saturated carbocycles. The van der Waals surface area contributed by atoms with Gasteiger partial charge in [-0.15, -0.1) is 0 Å². The maximum absolute atomic E-state index is 12.2. The maximum atomic E-state index is 12.2. The van der Waals surface area contributed by atoms with E-state index in [1.165, 1.54) is 6.92 Å². The van der Waals surface area contributed by atoms with E-state index in [1.807, 2.05) is 0 Å². The van der Waals surface area contributed by atoms with E-state index < -0.39 is 34.3 Å². The largest absolute Gasteiger partial charge is 0.480 e. The monoisotopic (exact) mass is 245 g/mol. The summed E-state index contributed by atoms with van der Waals surface area (Å²) in [4.78, 5) is 10.3. The number of rotatable bonds is 6. The summed E-state index contributed by atoms with van der Waals surface area (Å²) >= 11 is 0. The van der Waals surface area contributed by atoms with Crippen LogP contribution in [0.25, 0.3) is 0 Å². The minimum Gasteiger partial charge on any atom is -0.480 e. The Balaban J connectivity index is 5.02. The van der Waals surface area contributed by atoms with Crippen LogP contribution in [0.3, 0.4) is 0 Å². The summed E-state index contributed by atoms with van der Waals surface area (Å²) in [5, 5.41) is 8.42. The fourth-order valence-electron chi connectivity index (χ4n) is 0.936. The molecule has 90 valence electrons. The van der Waals surface area contributed by atoms with Gasteiger partial charge < -0.3 is 5.11 Å². The Labute approximate surface area is 86.7 Å². The fraction of sp³-hybridized carbons (Fsp3) is 0.857. The van der Waals surface area contributed by atoms with Gasteiger partial charge in [0.25, 0.3) is 10.0 Å². The van der Waals surface area contributed by atoms with Crippen molar-refractivity contribution < 1.29 is 27.1 Å². The molecular formula is C7H13F2NO4S. The third-order valence-corrected chi connectivity index (χ3v) is 3.52. The number of nitrogens with zero attached hydrogens (tertiary/aromatic N) is 1. The van der Waals surface area contributed by atoms with Crippen LogP contribution in [0.1, 0.15) is 20.3 Å². The molecule has 0 aliphatic rings. The van der Waals surface area contributed by atoms with Gasteiger partial charge in [0.2, 0.25) is 0 Å². The molecule has 0 aromatic heterocycles. The maximum Gasteiger partial charge on any atom is 0.350 e. The Hall–Kier alpha value is -0.760. The quantitative estimate of drug-likeness (QED) is 0.748. The van der Waals surface area contributed by atoms with Gasteiger partial charge in [0, 0.05) is 6.04 Å². The van der Waals surface area contributed by atoms with E-state index in [1.54, 1.807) is 6.92 Å². The van der Waals surface area contributed by atoms with Gasteiger partial charge in [-0.1, -0.05) is 6.92 Å². The smallest absolute Gasteiger partial charge is 0.350 e. The summed E-state index contributed by atoms with van der Waals surface area (Å²) in [5.41, 5.74) is 0. The van der Waals surface area contributed by atoms with Crippen LogP contribution in [0.2, 0.25) is 0 Å². The minimum atomic E-state index is -4.83. The third-order valence-electron chi connectivity index (χ3n) is 1.93. The standard InChI is InChI=1S/C7H13F2NO4S/c1-3-5(2)10(4-6(11)12)15(13,14)7(8)9/h5,7H,3-4H2,1-2H3,(H,11,12). The zero-order valence-corrected chi connectivity index (χ0v) is 9.17. The van der Waals surface area contributed by atoms with E-state index in [0.717, 1.165) is 0 Å². The van der Waals surface area contributed by atoms with Gasteiger partial charge in [-0.2, -0.15) is 13.1 Å². The lowest BCUT2D eigenvalue weighted by molar-refractivity contribution is -0.137. The average Bonchev–Trinajstić information content (AvgIpc) is 2.12. The summed E-state index contributed by atoms with van der Waals surface area (Å²) in [6.45, 7) is 2.02. The second-order valence-corrected chi connectivity index (χ2v) is 4.86. The summed E-state index contributed by atoms with van der Waals surface area (Å²) in [6, 6.07) is -0.764. The number of hydrogen-bond donors (Lipinski definition) is 1. The Bertz CT molecular complexity index is 317. The summed E-state index contributed by atoms with van der Waals surface area (Å²) in [6.07, 6.45) is 0.263. The molecule has 0 amide bonds. The van der Waals surface area contributed by atoms with Crippen molar-refractivity contribution in [2.75, 3.05) is 6.54 Å². The van der Waals surface area contributed by atoms with E-state index in [2.05, 4.69) is 0 Å².